The molecular formula is C17H12F3N3O2. The van der Waals surface area contributed by atoms with Crippen LogP contribution in [0.3, 0.4) is 0 Å². The average molecular weight is 347 g/mol. The summed E-state index contributed by atoms with van der Waals surface area (Å²) >= 11 is 0. The van der Waals surface area contributed by atoms with Gasteiger partial charge in [-0.25, -0.2) is 9.88 Å². The summed E-state index contributed by atoms with van der Waals surface area (Å²) in [6.45, 7) is -1.39. The van der Waals surface area contributed by atoms with E-state index in [-0.39, 0.29) is 11.4 Å². The largest absolute Gasteiger partial charge is 0.407 e. The number of carbonyl (C=O) groups excluding carboxylic acids is 2. The van der Waals surface area contributed by atoms with Gasteiger partial charge in [0.25, 0.3) is 5.91 Å². The quantitative estimate of drug-likeness (QED) is 0.633. The molecule has 0 saturated heterocycles. The molecule has 0 aliphatic carbocycles. The van der Waals surface area contributed by atoms with Crippen LogP contribution < -0.4 is 4.90 Å². The van der Waals surface area contributed by atoms with E-state index in [1.54, 1.807) is 24.3 Å². The van der Waals surface area contributed by atoms with Gasteiger partial charge >= 0.3 is 6.18 Å². The zero-order chi connectivity index (χ0) is 18.0. The van der Waals surface area contributed by atoms with Crippen molar-refractivity contribution in [2.24, 2.45) is 4.99 Å². The monoisotopic (exact) mass is 347 g/mol. The number of hydrogen-bond acceptors (Lipinski definition) is 4. The number of anilines is 1. The molecule has 3 rings (SSSR count). The molecule has 1 aromatic heterocycles. The number of aromatic nitrogens is 1. The number of alkyl halides is 3. The number of carbonyl (C=O) groups is 2. The molecule has 2 amide bonds. The smallest absolute Gasteiger partial charge is 0.287 e. The van der Waals surface area contributed by atoms with E-state index >= 15 is 0 Å². The van der Waals surface area contributed by atoms with E-state index in [0.717, 1.165) is 11.1 Å². The Morgan fingerprint density at radius 2 is 1.84 bits per heavy atom. The number of fused-ring (bicyclic) bond motifs is 1. The van der Waals surface area contributed by atoms with Crippen LogP contribution in [-0.4, -0.2) is 35.7 Å². The maximum absolute atomic E-state index is 12.7. The molecule has 2 aromatic rings. The highest BCUT2D eigenvalue weighted by molar-refractivity contribution is 6.28. The van der Waals surface area contributed by atoms with E-state index in [1.165, 1.54) is 24.4 Å². The molecule has 1 aliphatic rings. The number of halogens is 3. The van der Waals surface area contributed by atoms with E-state index < -0.39 is 30.5 Å². The first-order valence-electron chi connectivity index (χ1n) is 7.33. The SMILES string of the molecule is O=C1c2ccccc2[C@@H](C=NCC(F)(F)F)C(=O)N1c1ccccn1. The fourth-order valence-electron chi connectivity index (χ4n) is 2.56. The van der Waals surface area contributed by atoms with Gasteiger partial charge in [-0.2, -0.15) is 13.2 Å². The molecule has 0 bridgehead atoms. The number of pyridine rings is 1. The summed E-state index contributed by atoms with van der Waals surface area (Å²) < 4.78 is 37.0. The Morgan fingerprint density at radius 1 is 1.12 bits per heavy atom. The molecule has 0 saturated carbocycles. The highest BCUT2D eigenvalue weighted by atomic mass is 19.4. The molecule has 8 heteroatoms. The second kappa shape index (κ2) is 6.46. The third kappa shape index (κ3) is 3.42. The Kier molecular flexibility index (Phi) is 4.35. The Bertz CT molecular complexity index is 835. The maximum Gasteiger partial charge on any atom is 0.407 e. The standard InChI is InChI=1S/C17H12F3N3O2/c18-17(19,20)10-21-9-13-11-5-1-2-6-12(11)15(24)23(16(13)25)14-7-3-4-8-22-14/h1-9,13H,10H2/t13-/m1/s1. The van der Waals surface area contributed by atoms with Crippen molar-refractivity contribution in [3.8, 4) is 0 Å². The third-order valence-electron chi connectivity index (χ3n) is 3.62. The summed E-state index contributed by atoms with van der Waals surface area (Å²) in [6.07, 6.45) is -2.11. The molecule has 0 radical (unpaired) electrons. The van der Waals surface area contributed by atoms with Gasteiger partial charge in [0.2, 0.25) is 5.91 Å². The molecule has 0 N–H and O–H groups in total. The summed E-state index contributed by atoms with van der Waals surface area (Å²) in [4.78, 5) is 33.6. The molecule has 2 heterocycles. The number of amides is 2. The maximum atomic E-state index is 12.7. The fourth-order valence-corrected chi connectivity index (χ4v) is 2.56. The van der Waals surface area contributed by atoms with Crippen LogP contribution in [0.4, 0.5) is 19.0 Å². The van der Waals surface area contributed by atoms with E-state index in [0.29, 0.717) is 5.56 Å². The van der Waals surface area contributed by atoms with Gasteiger partial charge in [0.15, 0.2) is 0 Å². The van der Waals surface area contributed by atoms with Crippen LogP contribution in [0.1, 0.15) is 21.8 Å². The normalized spacial score (nSPS) is 17.9. The lowest BCUT2D eigenvalue weighted by molar-refractivity contribution is -0.120. The molecule has 0 spiro atoms. The predicted octanol–water partition coefficient (Wildman–Crippen LogP) is 2.99. The average Bonchev–Trinajstić information content (AvgIpc) is 2.58. The lowest BCUT2D eigenvalue weighted by atomic mass is 9.89. The molecule has 25 heavy (non-hydrogen) atoms. The van der Waals surface area contributed by atoms with Crippen molar-refractivity contribution in [1.82, 2.24) is 4.98 Å². The van der Waals surface area contributed by atoms with Gasteiger partial charge in [-0.3, -0.25) is 14.6 Å². The second-order valence-corrected chi connectivity index (χ2v) is 5.34. The van der Waals surface area contributed by atoms with Crippen LogP contribution in [0.15, 0.2) is 53.7 Å². The van der Waals surface area contributed by atoms with Crippen LogP contribution in [-0.2, 0) is 4.79 Å². The first-order valence-corrected chi connectivity index (χ1v) is 7.33. The van der Waals surface area contributed by atoms with Gasteiger partial charge in [0.05, 0.1) is 5.92 Å². The summed E-state index contributed by atoms with van der Waals surface area (Å²) in [5.41, 5.74) is 0.562. The molecule has 1 atom stereocenters. The first-order chi connectivity index (χ1) is 11.9. The zero-order valence-corrected chi connectivity index (χ0v) is 12.8. The van der Waals surface area contributed by atoms with Crippen molar-refractivity contribution in [3.63, 3.8) is 0 Å². The zero-order valence-electron chi connectivity index (χ0n) is 12.8. The van der Waals surface area contributed by atoms with Crippen LogP contribution >= 0.6 is 0 Å². The van der Waals surface area contributed by atoms with E-state index in [1.807, 2.05) is 0 Å². The number of nitrogens with zero attached hydrogens (tertiary/aromatic N) is 3. The molecule has 0 unspecified atom stereocenters. The minimum Gasteiger partial charge on any atom is -0.287 e. The topological polar surface area (TPSA) is 62.6 Å². The molecular weight excluding hydrogens is 335 g/mol. The lowest BCUT2D eigenvalue weighted by Gasteiger charge is -2.30. The van der Waals surface area contributed by atoms with Crippen LogP contribution in [0.5, 0.6) is 0 Å². The number of benzene rings is 1. The Balaban J connectivity index is 2.03. The van der Waals surface area contributed by atoms with Crippen LogP contribution in [0, 0.1) is 0 Å². The van der Waals surface area contributed by atoms with Crippen molar-refractivity contribution in [3.05, 3.63) is 59.8 Å². The van der Waals surface area contributed by atoms with E-state index in [9.17, 15) is 22.8 Å². The lowest BCUT2D eigenvalue weighted by Crippen LogP contribution is -2.46. The van der Waals surface area contributed by atoms with Crippen molar-refractivity contribution in [2.45, 2.75) is 12.1 Å². The molecule has 1 aliphatic heterocycles. The molecule has 5 nitrogen and oxygen atoms in total. The highest BCUT2D eigenvalue weighted by Crippen LogP contribution is 2.31. The van der Waals surface area contributed by atoms with Gasteiger partial charge in [0.1, 0.15) is 12.4 Å². The van der Waals surface area contributed by atoms with Crippen LogP contribution in [0.25, 0.3) is 0 Å². The van der Waals surface area contributed by atoms with Crippen molar-refractivity contribution in [2.75, 3.05) is 11.4 Å². The number of hydrogen-bond donors (Lipinski definition) is 0. The van der Waals surface area contributed by atoms with Crippen molar-refractivity contribution < 1.29 is 22.8 Å². The molecule has 128 valence electrons. The Labute approximate surface area is 140 Å². The van der Waals surface area contributed by atoms with Gasteiger partial charge in [0, 0.05) is 18.0 Å². The van der Waals surface area contributed by atoms with Crippen molar-refractivity contribution >= 4 is 23.8 Å². The number of aliphatic imine (C=N–C) groups is 1. The number of rotatable bonds is 3. The van der Waals surface area contributed by atoms with Gasteiger partial charge in [-0.05, 0) is 23.8 Å². The molecule has 1 aromatic carbocycles. The summed E-state index contributed by atoms with van der Waals surface area (Å²) in [6, 6.07) is 11.0. The number of imide groups is 1. The fraction of sp³-hybridized carbons (Fsp3) is 0.176. The predicted molar refractivity (Wildman–Crippen MR) is 84.7 cm³/mol. The van der Waals surface area contributed by atoms with Crippen LogP contribution in [0.2, 0.25) is 0 Å². The van der Waals surface area contributed by atoms with E-state index in [4.69, 9.17) is 0 Å². The second-order valence-electron chi connectivity index (χ2n) is 5.34. The first kappa shape index (κ1) is 16.8. The van der Waals surface area contributed by atoms with Gasteiger partial charge in [-0.15, -0.1) is 0 Å². The Hall–Kier alpha value is -3.03. The highest BCUT2D eigenvalue weighted by Gasteiger charge is 2.39. The van der Waals surface area contributed by atoms with Gasteiger partial charge < -0.3 is 0 Å². The Morgan fingerprint density at radius 3 is 2.52 bits per heavy atom. The summed E-state index contributed by atoms with van der Waals surface area (Å²) in [5, 5.41) is 0. The minimum atomic E-state index is -4.47. The van der Waals surface area contributed by atoms with Gasteiger partial charge in [-0.1, -0.05) is 24.3 Å². The third-order valence-corrected chi connectivity index (χ3v) is 3.62. The molecule has 0 fully saturated rings. The summed E-state index contributed by atoms with van der Waals surface area (Å²) in [5.74, 6) is -2.23. The summed E-state index contributed by atoms with van der Waals surface area (Å²) in [7, 11) is 0. The van der Waals surface area contributed by atoms with E-state index in [2.05, 4.69) is 9.98 Å². The van der Waals surface area contributed by atoms with Crippen molar-refractivity contribution in [1.29, 1.82) is 0 Å². The minimum absolute atomic E-state index is 0.112.